The normalized spacial score (nSPS) is 12.5. The van der Waals surface area contributed by atoms with Crippen LogP contribution >= 0.6 is 0 Å². The Hall–Kier alpha value is -2.85. The molecule has 0 saturated heterocycles. The number of carbonyl (C=O) groups excluding carboxylic acids is 5. The number of hydrogen-bond donors (Lipinski definition) is 0. The van der Waals surface area contributed by atoms with Gasteiger partial charge in [-0.3, -0.25) is 14.4 Å². The van der Waals surface area contributed by atoms with E-state index in [1.165, 1.54) is 89.9 Å². The molecule has 424 valence electrons. The number of hydrogen-bond acceptors (Lipinski definition) is 11. The van der Waals surface area contributed by atoms with Gasteiger partial charge in [-0.1, -0.05) is 266 Å². The highest BCUT2D eigenvalue weighted by molar-refractivity contribution is 6.17. The molecule has 0 aliphatic carbocycles. The van der Waals surface area contributed by atoms with Crippen LogP contribution in [0.15, 0.2) is 0 Å². The summed E-state index contributed by atoms with van der Waals surface area (Å²) in [7, 11) is 0. The van der Waals surface area contributed by atoms with E-state index < -0.39 is 41.6 Å². The third-order valence-electron chi connectivity index (χ3n) is 14.0. The maximum absolute atomic E-state index is 14.1. The number of carbonyl (C=O) groups is 5. The zero-order chi connectivity index (χ0) is 52.9. The molecule has 0 aliphatic heterocycles. The van der Waals surface area contributed by atoms with Gasteiger partial charge in [0.15, 0.2) is 0 Å². The first-order valence-electron chi connectivity index (χ1n) is 30.8. The Morgan fingerprint density at radius 3 is 0.875 bits per heavy atom. The van der Waals surface area contributed by atoms with Crippen molar-refractivity contribution in [2.45, 2.75) is 323 Å². The molecule has 0 radical (unpaired) electrons. The quantitative estimate of drug-likeness (QED) is 0.0249. The number of esters is 4. The van der Waals surface area contributed by atoms with Crippen molar-refractivity contribution in [3.63, 3.8) is 0 Å². The predicted molar refractivity (Wildman–Crippen MR) is 294 cm³/mol. The van der Waals surface area contributed by atoms with E-state index in [0.717, 1.165) is 148 Å². The van der Waals surface area contributed by atoms with Crippen LogP contribution < -0.4 is 0 Å². The van der Waals surface area contributed by atoms with Gasteiger partial charge in [0.25, 0.3) is 5.41 Å². The van der Waals surface area contributed by atoms with E-state index >= 15 is 0 Å². The molecule has 0 heterocycles. The first kappa shape index (κ1) is 69.2. The summed E-state index contributed by atoms with van der Waals surface area (Å²) in [5, 5.41) is 0. The molecular weight excluding hydrogens is 909 g/mol. The van der Waals surface area contributed by atoms with Crippen molar-refractivity contribution >= 4 is 30.0 Å². The number of unbranched alkanes of at least 4 members (excludes halogenated alkanes) is 36. The largest absolute Gasteiger partial charge is 0.509 e. The van der Waals surface area contributed by atoms with Gasteiger partial charge >= 0.3 is 30.0 Å². The maximum Gasteiger partial charge on any atom is 0.509 e. The summed E-state index contributed by atoms with van der Waals surface area (Å²) in [4.78, 5) is 68.1. The van der Waals surface area contributed by atoms with Crippen LogP contribution in [-0.2, 0) is 47.6 Å². The fourth-order valence-corrected chi connectivity index (χ4v) is 9.12. The summed E-state index contributed by atoms with van der Waals surface area (Å²) < 4.78 is 33.8. The Labute approximate surface area is 442 Å². The molecular formula is C61H114O11. The number of ether oxygens (including phenoxy) is 6. The average molecular weight is 1020 g/mol. The van der Waals surface area contributed by atoms with Crippen LogP contribution in [0, 0.1) is 5.41 Å². The van der Waals surface area contributed by atoms with Crippen LogP contribution in [0.5, 0.6) is 0 Å². The summed E-state index contributed by atoms with van der Waals surface area (Å²) in [6.45, 7) is 12.0. The van der Waals surface area contributed by atoms with Crippen LogP contribution in [0.3, 0.4) is 0 Å². The van der Waals surface area contributed by atoms with Gasteiger partial charge in [-0.15, -0.1) is 0 Å². The van der Waals surface area contributed by atoms with Crippen LogP contribution in [-0.4, -0.2) is 69.2 Å². The fraction of sp³-hybridized carbons (Fsp3) is 0.918. The van der Waals surface area contributed by atoms with Gasteiger partial charge in [0.2, 0.25) is 6.10 Å². The van der Waals surface area contributed by atoms with E-state index in [1.807, 2.05) is 0 Å². The summed E-state index contributed by atoms with van der Waals surface area (Å²) >= 11 is 0. The second-order valence-electron chi connectivity index (χ2n) is 20.8. The van der Waals surface area contributed by atoms with Crippen molar-refractivity contribution in [1.29, 1.82) is 0 Å². The van der Waals surface area contributed by atoms with Crippen LogP contribution in [0.2, 0.25) is 0 Å². The van der Waals surface area contributed by atoms with E-state index in [9.17, 15) is 24.0 Å². The highest BCUT2D eigenvalue weighted by atomic mass is 16.7. The second kappa shape index (κ2) is 53.0. The van der Waals surface area contributed by atoms with E-state index in [0.29, 0.717) is 45.1 Å². The highest BCUT2D eigenvalue weighted by Crippen LogP contribution is 2.32. The molecule has 11 heteroatoms. The van der Waals surface area contributed by atoms with Gasteiger partial charge in [-0.2, -0.15) is 0 Å². The number of rotatable bonds is 55. The summed E-state index contributed by atoms with van der Waals surface area (Å²) in [5.41, 5.74) is -2.14. The monoisotopic (exact) mass is 1020 g/mol. The van der Waals surface area contributed by atoms with Gasteiger partial charge < -0.3 is 28.4 Å². The molecule has 0 aliphatic rings. The average Bonchev–Trinajstić information content (AvgIpc) is 3.37. The molecule has 0 aromatic rings. The summed E-state index contributed by atoms with van der Waals surface area (Å²) in [5.74, 6) is -3.02. The first-order valence-corrected chi connectivity index (χ1v) is 30.8. The third-order valence-corrected chi connectivity index (χ3v) is 14.0. The molecule has 0 N–H and O–H groups in total. The Morgan fingerprint density at radius 1 is 0.292 bits per heavy atom. The predicted octanol–water partition coefficient (Wildman–Crippen LogP) is 17.9. The zero-order valence-electron chi connectivity index (χ0n) is 47.7. The van der Waals surface area contributed by atoms with Crippen molar-refractivity contribution in [2.75, 3.05) is 33.0 Å². The van der Waals surface area contributed by atoms with E-state index in [4.69, 9.17) is 28.4 Å². The molecule has 0 spiro atoms. The minimum atomic E-state index is -2.14. The van der Waals surface area contributed by atoms with Crippen molar-refractivity contribution in [2.24, 2.45) is 5.41 Å². The van der Waals surface area contributed by atoms with Crippen LogP contribution in [0.1, 0.15) is 317 Å². The van der Waals surface area contributed by atoms with Gasteiger partial charge in [0, 0.05) is 0 Å². The third kappa shape index (κ3) is 39.6. The summed E-state index contributed by atoms with van der Waals surface area (Å²) in [6.07, 6.45) is 41.7. The van der Waals surface area contributed by atoms with E-state index in [-0.39, 0.29) is 32.8 Å². The lowest BCUT2D eigenvalue weighted by atomic mass is 9.82. The standard InChI is InChI=1S/C61H114O11/c1-6-11-16-21-25-29-34-40-47-54-71-60(66)72-55(56(62)67-50-43-20-15-10-5)48-41-35-30-27-28-31-36-42-49-61(57(63)68-51-44-37-24-19-14-9-4,58(64)69-52-45-38-32-23-18-13-8-3)59(65)70-53-46-39-33-26-22-17-12-7-2/h55H,6-54H2,1-5H3. The topological polar surface area (TPSA) is 141 Å². The second-order valence-corrected chi connectivity index (χ2v) is 20.8. The molecule has 2 atom stereocenters. The minimum Gasteiger partial charge on any atom is -0.464 e. The van der Waals surface area contributed by atoms with Crippen LogP contribution in [0.4, 0.5) is 4.79 Å². The lowest BCUT2D eigenvalue weighted by Crippen LogP contribution is -2.49. The molecule has 2 unspecified atom stereocenters. The molecule has 0 saturated carbocycles. The summed E-state index contributed by atoms with van der Waals surface area (Å²) in [6, 6.07) is 0. The molecule has 72 heavy (non-hydrogen) atoms. The van der Waals surface area contributed by atoms with Crippen LogP contribution in [0.25, 0.3) is 0 Å². The Kier molecular flexibility index (Phi) is 50.9. The molecule has 11 nitrogen and oxygen atoms in total. The van der Waals surface area contributed by atoms with Crippen molar-refractivity contribution < 1.29 is 52.4 Å². The Morgan fingerprint density at radius 2 is 0.542 bits per heavy atom. The molecule has 0 aromatic carbocycles. The lowest BCUT2D eigenvalue weighted by Gasteiger charge is -2.27. The zero-order valence-corrected chi connectivity index (χ0v) is 47.7. The van der Waals surface area contributed by atoms with Gasteiger partial charge in [-0.05, 0) is 51.4 Å². The van der Waals surface area contributed by atoms with Gasteiger partial charge in [0.05, 0.1) is 33.0 Å². The Balaban J connectivity index is 5.43. The minimum absolute atomic E-state index is 0.00777. The molecule has 0 bridgehead atoms. The first-order chi connectivity index (χ1) is 35.2. The fourth-order valence-electron chi connectivity index (χ4n) is 9.12. The maximum atomic E-state index is 14.1. The molecule has 0 aromatic heterocycles. The molecule has 0 rings (SSSR count). The van der Waals surface area contributed by atoms with Gasteiger partial charge in [0.1, 0.15) is 0 Å². The SMILES string of the molecule is CCCCCCCCCCCOC(=O)OC(CCCCCCCCCCC(C(=O)OCCCCCCCC)(C(=O)OCCCCCCCCC)C(=O)OCCCCCCCCCC)C(=O)OCCCCCC. The highest BCUT2D eigenvalue weighted by Gasteiger charge is 2.57. The van der Waals surface area contributed by atoms with Crippen molar-refractivity contribution in [3.05, 3.63) is 0 Å². The van der Waals surface area contributed by atoms with E-state index in [1.54, 1.807) is 0 Å². The Bertz CT molecular complexity index is 1260. The lowest BCUT2D eigenvalue weighted by molar-refractivity contribution is -0.185. The van der Waals surface area contributed by atoms with Crippen molar-refractivity contribution in [3.8, 4) is 0 Å². The van der Waals surface area contributed by atoms with Gasteiger partial charge in [-0.25, -0.2) is 9.59 Å². The van der Waals surface area contributed by atoms with E-state index in [2.05, 4.69) is 34.6 Å². The van der Waals surface area contributed by atoms with Crippen molar-refractivity contribution in [1.82, 2.24) is 0 Å². The smallest absolute Gasteiger partial charge is 0.464 e. The molecule has 0 amide bonds. The molecule has 0 fully saturated rings.